The number of halogens is 2. The Morgan fingerprint density at radius 1 is 1.44 bits per heavy atom. The van der Waals surface area contributed by atoms with E-state index in [9.17, 15) is 14.9 Å². The summed E-state index contributed by atoms with van der Waals surface area (Å²) in [6, 6.07) is 6.96. The van der Waals surface area contributed by atoms with E-state index in [2.05, 4.69) is 15.5 Å². The normalized spacial score (nSPS) is 17.0. The fraction of sp³-hybridized carbons (Fsp3) is 0.333. The highest BCUT2D eigenvalue weighted by Gasteiger charge is 2.35. The maximum atomic E-state index is 12.9. The number of carbonyl (C=O) groups excluding carboxylic acids is 1. The molecule has 3 rings (SSSR count). The topological polar surface area (TPSA) is 104 Å². The van der Waals surface area contributed by atoms with Gasteiger partial charge in [0.15, 0.2) is 0 Å². The van der Waals surface area contributed by atoms with Crippen LogP contribution in [0.1, 0.15) is 27.8 Å². The summed E-state index contributed by atoms with van der Waals surface area (Å²) in [6.45, 7) is 3.06. The van der Waals surface area contributed by atoms with Crippen LogP contribution in [0.3, 0.4) is 0 Å². The lowest BCUT2D eigenvalue weighted by molar-refractivity contribution is -0.385. The Labute approximate surface area is 155 Å². The summed E-state index contributed by atoms with van der Waals surface area (Å²) in [5, 5.41) is 21.4. The standard InChI is InChI=1S/C15H16ClN5O3.ClH/c1-9-14(21(23)24)13(19-18-9)15(22)20-7-6-17-8-12(20)10-4-2-3-5-11(10)16;/h2-5,12,17H,6-8H2,1H3,(H,18,19);1H. The largest absolute Gasteiger partial charge is 0.327 e. The molecule has 2 N–H and O–H groups in total. The second-order valence-electron chi connectivity index (χ2n) is 5.54. The minimum absolute atomic E-state index is 0. The molecule has 25 heavy (non-hydrogen) atoms. The molecule has 10 heteroatoms. The monoisotopic (exact) mass is 385 g/mol. The number of hydrogen-bond donors (Lipinski definition) is 2. The number of nitrogens with one attached hydrogen (secondary N) is 2. The minimum atomic E-state index is -0.585. The van der Waals surface area contributed by atoms with Gasteiger partial charge in [-0.1, -0.05) is 29.8 Å². The summed E-state index contributed by atoms with van der Waals surface area (Å²) in [5.74, 6) is -0.475. The number of amides is 1. The lowest BCUT2D eigenvalue weighted by Crippen LogP contribution is -2.49. The van der Waals surface area contributed by atoms with Crippen LogP contribution >= 0.6 is 24.0 Å². The van der Waals surface area contributed by atoms with E-state index in [-0.39, 0.29) is 35.5 Å². The Morgan fingerprint density at radius 2 is 2.16 bits per heavy atom. The highest BCUT2D eigenvalue weighted by Crippen LogP contribution is 2.31. The molecule has 1 aromatic carbocycles. The van der Waals surface area contributed by atoms with Gasteiger partial charge in [0.2, 0.25) is 5.69 Å². The zero-order valence-corrected chi connectivity index (χ0v) is 14.9. The first kappa shape index (κ1) is 19.2. The molecule has 1 saturated heterocycles. The molecule has 0 bridgehead atoms. The van der Waals surface area contributed by atoms with Crippen molar-refractivity contribution in [3.05, 3.63) is 56.4 Å². The van der Waals surface area contributed by atoms with E-state index in [4.69, 9.17) is 11.6 Å². The molecular weight excluding hydrogens is 369 g/mol. The quantitative estimate of drug-likeness (QED) is 0.623. The number of aryl methyl sites for hydroxylation is 1. The third-order valence-electron chi connectivity index (χ3n) is 4.07. The van der Waals surface area contributed by atoms with Gasteiger partial charge in [-0.05, 0) is 18.6 Å². The smallest absolute Gasteiger partial charge is 0.322 e. The SMILES string of the molecule is Cc1[nH]nc(C(=O)N2CCNCC2c2ccccc2Cl)c1[N+](=O)[O-].Cl. The lowest BCUT2D eigenvalue weighted by atomic mass is 10.0. The van der Waals surface area contributed by atoms with Gasteiger partial charge >= 0.3 is 5.69 Å². The van der Waals surface area contributed by atoms with Gasteiger partial charge in [0.05, 0.1) is 11.0 Å². The summed E-state index contributed by atoms with van der Waals surface area (Å²) in [7, 11) is 0. The van der Waals surface area contributed by atoms with Gasteiger partial charge in [-0.2, -0.15) is 5.10 Å². The number of benzene rings is 1. The van der Waals surface area contributed by atoms with Crippen LogP contribution in [0.4, 0.5) is 5.69 Å². The first-order chi connectivity index (χ1) is 11.5. The summed E-state index contributed by atoms with van der Waals surface area (Å²) in [4.78, 5) is 25.1. The summed E-state index contributed by atoms with van der Waals surface area (Å²) in [6.07, 6.45) is 0. The summed E-state index contributed by atoms with van der Waals surface area (Å²) in [5.41, 5.74) is 0.607. The molecule has 0 saturated carbocycles. The molecule has 1 amide bonds. The second-order valence-corrected chi connectivity index (χ2v) is 5.95. The number of nitrogens with zero attached hydrogens (tertiary/aromatic N) is 3. The maximum Gasteiger partial charge on any atom is 0.322 e. The lowest BCUT2D eigenvalue weighted by Gasteiger charge is -2.36. The van der Waals surface area contributed by atoms with E-state index in [1.165, 1.54) is 6.92 Å². The van der Waals surface area contributed by atoms with E-state index in [0.29, 0.717) is 24.7 Å². The fourth-order valence-electron chi connectivity index (χ4n) is 2.90. The number of H-pyrrole nitrogens is 1. The van der Waals surface area contributed by atoms with Crippen molar-refractivity contribution in [3.8, 4) is 0 Å². The Hall–Kier alpha value is -2.16. The maximum absolute atomic E-state index is 12.9. The second kappa shape index (κ2) is 7.81. The van der Waals surface area contributed by atoms with Crippen LogP contribution in [0.5, 0.6) is 0 Å². The fourth-order valence-corrected chi connectivity index (χ4v) is 3.16. The van der Waals surface area contributed by atoms with Crippen molar-refractivity contribution in [1.82, 2.24) is 20.4 Å². The van der Waals surface area contributed by atoms with Crippen molar-refractivity contribution in [3.63, 3.8) is 0 Å². The number of hydrogen-bond acceptors (Lipinski definition) is 5. The highest BCUT2D eigenvalue weighted by molar-refractivity contribution is 6.31. The Balaban J connectivity index is 0.00000225. The zero-order chi connectivity index (χ0) is 17.3. The van der Waals surface area contributed by atoms with Crippen molar-refractivity contribution < 1.29 is 9.72 Å². The van der Waals surface area contributed by atoms with Crippen LogP contribution < -0.4 is 5.32 Å². The predicted molar refractivity (Wildman–Crippen MR) is 95.3 cm³/mol. The molecule has 0 radical (unpaired) electrons. The third kappa shape index (κ3) is 3.60. The van der Waals surface area contributed by atoms with Crippen molar-refractivity contribution in [2.75, 3.05) is 19.6 Å². The number of nitro groups is 1. The van der Waals surface area contributed by atoms with Crippen LogP contribution in [-0.2, 0) is 0 Å². The van der Waals surface area contributed by atoms with E-state index < -0.39 is 10.8 Å². The van der Waals surface area contributed by atoms with Crippen LogP contribution in [0.2, 0.25) is 5.02 Å². The molecule has 2 heterocycles. The summed E-state index contributed by atoms with van der Waals surface area (Å²) < 4.78 is 0. The molecule has 8 nitrogen and oxygen atoms in total. The molecule has 0 spiro atoms. The average Bonchev–Trinajstić information content (AvgIpc) is 2.96. The van der Waals surface area contributed by atoms with E-state index in [1.54, 1.807) is 11.0 Å². The molecular formula is C15H17Cl2N5O3. The Morgan fingerprint density at radius 3 is 2.84 bits per heavy atom. The van der Waals surface area contributed by atoms with Crippen molar-refractivity contribution >= 4 is 35.6 Å². The number of rotatable bonds is 3. The molecule has 1 aliphatic rings. The van der Waals surface area contributed by atoms with Crippen LogP contribution in [-0.4, -0.2) is 45.6 Å². The highest BCUT2D eigenvalue weighted by atomic mass is 35.5. The van der Waals surface area contributed by atoms with Crippen LogP contribution in [0, 0.1) is 17.0 Å². The van der Waals surface area contributed by atoms with Gasteiger partial charge in [0, 0.05) is 24.7 Å². The van der Waals surface area contributed by atoms with Gasteiger partial charge < -0.3 is 10.2 Å². The van der Waals surface area contributed by atoms with Crippen molar-refractivity contribution in [1.29, 1.82) is 0 Å². The molecule has 1 unspecified atom stereocenters. The van der Waals surface area contributed by atoms with Gasteiger partial charge in [-0.25, -0.2) is 0 Å². The number of aromatic nitrogens is 2. The molecule has 1 aromatic heterocycles. The molecule has 1 aliphatic heterocycles. The average molecular weight is 386 g/mol. The van der Waals surface area contributed by atoms with Gasteiger partial charge in [0.25, 0.3) is 5.91 Å². The van der Waals surface area contributed by atoms with E-state index in [1.807, 2.05) is 18.2 Å². The van der Waals surface area contributed by atoms with E-state index in [0.717, 1.165) is 5.56 Å². The predicted octanol–water partition coefficient (Wildman–Crippen LogP) is 2.49. The van der Waals surface area contributed by atoms with Gasteiger partial charge in [0.1, 0.15) is 5.69 Å². The molecule has 134 valence electrons. The number of piperazine rings is 1. The first-order valence-electron chi connectivity index (χ1n) is 7.46. The molecule has 1 atom stereocenters. The zero-order valence-electron chi connectivity index (χ0n) is 13.4. The van der Waals surface area contributed by atoms with Gasteiger partial charge in [-0.15, -0.1) is 12.4 Å². The first-order valence-corrected chi connectivity index (χ1v) is 7.84. The van der Waals surface area contributed by atoms with Crippen LogP contribution in [0.25, 0.3) is 0 Å². The minimum Gasteiger partial charge on any atom is -0.327 e. The molecule has 2 aromatic rings. The molecule has 0 aliphatic carbocycles. The Bertz CT molecular complexity index is 795. The molecule has 1 fully saturated rings. The van der Waals surface area contributed by atoms with Gasteiger partial charge in [-0.3, -0.25) is 20.0 Å². The third-order valence-corrected chi connectivity index (χ3v) is 4.41. The number of carbonyl (C=O) groups is 1. The summed E-state index contributed by atoms with van der Waals surface area (Å²) >= 11 is 6.26. The van der Waals surface area contributed by atoms with Crippen molar-refractivity contribution in [2.45, 2.75) is 13.0 Å². The Kier molecular flexibility index (Phi) is 5.99. The van der Waals surface area contributed by atoms with Crippen LogP contribution in [0.15, 0.2) is 24.3 Å². The number of aromatic amines is 1. The van der Waals surface area contributed by atoms with Crippen molar-refractivity contribution in [2.24, 2.45) is 0 Å². The van der Waals surface area contributed by atoms with E-state index >= 15 is 0 Å².